The van der Waals surface area contributed by atoms with Crippen LogP contribution in [0, 0.1) is 0 Å². The molecule has 0 aliphatic rings. The molecule has 0 saturated heterocycles. The third-order valence-corrected chi connectivity index (χ3v) is 5.28. The van der Waals surface area contributed by atoms with E-state index in [4.69, 9.17) is 0 Å². The van der Waals surface area contributed by atoms with Gasteiger partial charge in [0.15, 0.2) is 0 Å². The van der Waals surface area contributed by atoms with E-state index in [1.807, 2.05) is 0 Å². The first-order valence-corrected chi connectivity index (χ1v) is 12.3. The van der Waals surface area contributed by atoms with E-state index in [9.17, 15) is 0 Å². The monoisotopic (exact) mass is 344 g/mol. The van der Waals surface area contributed by atoms with E-state index in [0.717, 1.165) is 0 Å². The topological polar surface area (TPSA) is 0 Å². The Kier molecular flexibility index (Phi) is 12.8. The minimum atomic E-state index is -0.261. The SMILES string of the molecule is C[PH+](C)c1ccccc1[PH+](C)C.[Cl-].[Cl][Ge]. The van der Waals surface area contributed by atoms with Crippen LogP contribution in [0.5, 0.6) is 0 Å². The zero-order valence-corrected chi connectivity index (χ0v) is 15.2. The first-order valence-electron chi connectivity index (χ1n) is 4.52. The molecule has 1 aromatic rings. The Balaban J connectivity index is 0. The number of hydrogen-bond acceptors (Lipinski definition) is 0. The van der Waals surface area contributed by atoms with Gasteiger partial charge < -0.3 is 12.4 Å². The van der Waals surface area contributed by atoms with Crippen LogP contribution in [0.4, 0.5) is 0 Å². The Labute approximate surface area is 115 Å². The summed E-state index contributed by atoms with van der Waals surface area (Å²) >= 11 is 1.47. The van der Waals surface area contributed by atoms with Crippen LogP contribution in [0.1, 0.15) is 0 Å². The summed E-state index contributed by atoms with van der Waals surface area (Å²) in [5, 5.41) is 3.28. The predicted octanol–water partition coefficient (Wildman–Crippen LogP) is -0.802. The fraction of sp³-hybridized carbons (Fsp3) is 0.400. The summed E-state index contributed by atoms with van der Waals surface area (Å²) in [6.07, 6.45) is 0. The minimum absolute atomic E-state index is 0. The normalized spacial score (nSPS) is 9.33. The van der Waals surface area contributed by atoms with Gasteiger partial charge in [-0.2, -0.15) is 0 Å². The molecule has 1 aromatic carbocycles. The summed E-state index contributed by atoms with van der Waals surface area (Å²) in [7, 11) is 4.12. The maximum atomic E-state index is 4.64. The van der Waals surface area contributed by atoms with Gasteiger partial charge in [-0.3, -0.25) is 0 Å². The fourth-order valence-electron chi connectivity index (χ4n) is 1.36. The molecular formula is C10H18Cl2GeP2+. The van der Waals surface area contributed by atoms with Crippen LogP contribution in [0.25, 0.3) is 0 Å². The van der Waals surface area contributed by atoms with E-state index in [1.54, 1.807) is 10.6 Å². The van der Waals surface area contributed by atoms with Crippen molar-refractivity contribution in [1.82, 2.24) is 0 Å². The molecule has 0 nitrogen and oxygen atoms in total. The van der Waals surface area contributed by atoms with Gasteiger partial charge in [0.2, 0.25) is 0 Å². The molecule has 0 amide bonds. The molecule has 85 valence electrons. The van der Waals surface area contributed by atoms with Gasteiger partial charge in [0.25, 0.3) is 0 Å². The second kappa shape index (κ2) is 10.4. The average molecular weight is 344 g/mol. The molecule has 0 aliphatic heterocycles. The molecule has 0 aliphatic carbocycles. The van der Waals surface area contributed by atoms with Crippen LogP contribution in [-0.4, -0.2) is 42.2 Å². The Hall–Kier alpha value is 1.20. The van der Waals surface area contributed by atoms with E-state index in [-0.39, 0.29) is 28.3 Å². The van der Waals surface area contributed by atoms with Gasteiger partial charge in [0, 0.05) is 15.8 Å². The zero-order chi connectivity index (χ0) is 11.1. The molecule has 0 N–H and O–H groups in total. The number of rotatable bonds is 2. The molecule has 0 saturated carbocycles. The summed E-state index contributed by atoms with van der Waals surface area (Å²) in [5.41, 5.74) is 0. The molecule has 5 heteroatoms. The predicted molar refractivity (Wildman–Crippen MR) is 77.6 cm³/mol. The molecule has 15 heavy (non-hydrogen) atoms. The molecule has 0 aromatic heterocycles. The van der Waals surface area contributed by atoms with Crippen LogP contribution < -0.4 is 23.0 Å². The quantitative estimate of drug-likeness (QED) is 0.487. The van der Waals surface area contributed by atoms with Crippen LogP contribution in [-0.2, 0) is 0 Å². The third kappa shape index (κ3) is 6.49. The van der Waals surface area contributed by atoms with Crippen molar-refractivity contribution in [2.24, 2.45) is 0 Å². The summed E-state index contributed by atoms with van der Waals surface area (Å²) in [4.78, 5) is 0. The summed E-state index contributed by atoms with van der Waals surface area (Å²) < 4.78 is 0. The average Bonchev–Trinajstić information content (AvgIpc) is 2.20. The molecule has 0 heterocycles. The first kappa shape index (κ1) is 18.6. The van der Waals surface area contributed by atoms with Gasteiger partial charge in [-0.1, -0.05) is 12.1 Å². The fourth-order valence-corrected chi connectivity index (χ4v) is 4.96. The molecule has 0 spiro atoms. The van der Waals surface area contributed by atoms with Crippen molar-refractivity contribution >= 4 is 52.0 Å². The van der Waals surface area contributed by atoms with Crippen molar-refractivity contribution in [1.29, 1.82) is 0 Å². The molecular weight excluding hydrogens is 326 g/mol. The van der Waals surface area contributed by atoms with E-state index in [0.29, 0.717) is 0 Å². The van der Waals surface area contributed by atoms with E-state index < -0.39 is 0 Å². The molecule has 0 atom stereocenters. The number of hydrogen-bond donors (Lipinski definition) is 0. The molecule has 1 rings (SSSR count). The van der Waals surface area contributed by atoms with Gasteiger partial charge in [-0.05, 0) is 12.1 Å². The van der Waals surface area contributed by atoms with Gasteiger partial charge in [-0.25, -0.2) is 0 Å². The Morgan fingerprint density at radius 1 is 0.867 bits per heavy atom. The number of halogens is 2. The molecule has 0 unspecified atom stereocenters. The van der Waals surface area contributed by atoms with E-state index in [2.05, 4.69) is 60.9 Å². The first-order chi connectivity index (χ1) is 6.63. The van der Waals surface area contributed by atoms with Crippen molar-refractivity contribution in [3.05, 3.63) is 24.3 Å². The summed E-state index contributed by atoms with van der Waals surface area (Å²) in [5.74, 6) is 0. The standard InChI is InChI=1S/C10H16P2.ClGe.ClH/c1-11(2)9-7-5-6-8-10(9)12(3)4;1-2;/h5-8H,1-4H3;;1H/p+1. The Morgan fingerprint density at radius 2 is 1.13 bits per heavy atom. The second-order valence-corrected chi connectivity index (χ2v) is 8.62. The molecule has 3 radical (unpaired) electrons. The van der Waals surface area contributed by atoms with Gasteiger partial charge in [-0.15, -0.1) is 0 Å². The second-order valence-electron chi connectivity index (χ2n) is 3.55. The van der Waals surface area contributed by atoms with Crippen LogP contribution >= 0.6 is 25.9 Å². The molecule has 0 bridgehead atoms. The van der Waals surface area contributed by atoms with Gasteiger partial charge >= 0.3 is 25.6 Å². The van der Waals surface area contributed by atoms with Crippen molar-refractivity contribution in [2.45, 2.75) is 0 Å². The van der Waals surface area contributed by atoms with E-state index >= 15 is 0 Å². The molecule has 0 fully saturated rings. The van der Waals surface area contributed by atoms with Crippen LogP contribution in [0.15, 0.2) is 24.3 Å². The summed E-state index contributed by atoms with van der Waals surface area (Å²) in [6.45, 7) is 9.48. The van der Waals surface area contributed by atoms with Crippen LogP contribution in [0.2, 0.25) is 0 Å². The third-order valence-electron chi connectivity index (χ3n) is 2.00. The Bertz CT molecular complexity index is 240. The van der Waals surface area contributed by atoms with Gasteiger partial charge in [0.05, 0.1) is 26.7 Å². The summed E-state index contributed by atoms with van der Waals surface area (Å²) in [6, 6.07) is 8.95. The number of benzene rings is 1. The van der Waals surface area contributed by atoms with Crippen molar-refractivity contribution in [3.8, 4) is 0 Å². The maximum absolute atomic E-state index is 4.64. The van der Waals surface area contributed by atoms with Gasteiger partial charge in [0.1, 0.15) is 10.6 Å². The van der Waals surface area contributed by atoms with Crippen molar-refractivity contribution in [3.63, 3.8) is 0 Å². The van der Waals surface area contributed by atoms with Crippen molar-refractivity contribution < 1.29 is 12.4 Å². The van der Waals surface area contributed by atoms with Crippen molar-refractivity contribution in [2.75, 3.05) is 26.7 Å². The van der Waals surface area contributed by atoms with Crippen LogP contribution in [0.3, 0.4) is 0 Å². The Morgan fingerprint density at radius 3 is 1.33 bits per heavy atom. The van der Waals surface area contributed by atoms with E-state index in [1.165, 1.54) is 15.6 Å². The zero-order valence-electron chi connectivity index (χ0n) is 9.57.